The highest BCUT2D eigenvalue weighted by Gasteiger charge is 2.34. The molecule has 2 rings (SSSR count). The Morgan fingerprint density at radius 1 is 0.581 bits per heavy atom. The third-order valence-electron chi connectivity index (χ3n) is 5.33. The second kappa shape index (κ2) is 8.76. The fourth-order valence-corrected chi connectivity index (χ4v) is 3.47. The lowest BCUT2D eigenvalue weighted by atomic mass is 9.72. The number of allylic oxidation sites excluding steroid dienone is 4. The molecule has 0 bridgehead atoms. The maximum absolute atomic E-state index is 12.3. The van der Waals surface area contributed by atoms with Crippen molar-refractivity contribution in [3.05, 3.63) is 52.6 Å². The van der Waals surface area contributed by atoms with Gasteiger partial charge in [0, 0.05) is 11.1 Å². The summed E-state index contributed by atoms with van der Waals surface area (Å²) in [5, 5.41) is 10.3. The van der Waals surface area contributed by atoms with E-state index in [4.69, 9.17) is 0 Å². The summed E-state index contributed by atoms with van der Waals surface area (Å²) >= 11 is 0. The van der Waals surface area contributed by atoms with Crippen molar-refractivity contribution in [3.63, 3.8) is 0 Å². The SMILES string of the molecule is CC(C)(C)C1=CC(=O)C=C(C(C)(C)C)C1=O.CC(C)(C)c1cccc(C(C)(C)C)c1O. The Balaban J connectivity index is 0.000000311. The fourth-order valence-electron chi connectivity index (χ4n) is 3.47. The van der Waals surface area contributed by atoms with Gasteiger partial charge in [-0.2, -0.15) is 0 Å². The summed E-state index contributed by atoms with van der Waals surface area (Å²) in [6.45, 7) is 24.4. The van der Waals surface area contributed by atoms with Crippen LogP contribution in [0.3, 0.4) is 0 Å². The Labute approximate surface area is 189 Å². The number of phenols is 1. The molecule has 172 valence electrons. The highest BCUT2D eigenvalue weighted by molar-refractivity contribution is 6.21. The number of benzene rings is 1. The van der Waals surface area contributed by atoms with Crippen molar-refractivity contribution in [3.8, 4) is 5.75 Å². The maximum Gasteiger partial charge on any atom is 0.186 e. The molecule has 3 nitrogen and oxygen atoms in total. The van der Waals surface area contributed by atoms with Gasteiger partial charge in [0.05, 0.1) is 0 Å². The first kappa shape index (κ1) is 26.9. The fraction of sp³-hybridized carbons (Fsp3) is 0.571. The molecule has 0 unspecified atom stereocenters. The first-order valence-corrected chi connectivity index (χ1v) is 11.0. The largest absolute Gasteiger partial charge is 0.507 e. The number of hydrogen-bond donors (Lipinski definition) is 1. The maximum atomic E-state index is 12.3. The van der Waals surface area contributed by atoms with E-state index in [-0.39, 0.29) is 33.2 Å². The van der Waals surface area contributed by atoms with Crippen LogP contribution in [0.25, 0.3) is 0 Å². The molecule has 1 aliphatic rings. The molecule has 0 amide bonds. The van der Waals surface area contributed by atoms with Crippen molar-refractivity contribution in [2.24, 2.45) is 10.8 Å². The molecule has 0 spiro atoms. The van der Waals surface area contributed by atoms with E-state index in [9.17, 15) is 14.7 Å². The van der Waals surface area contributed by atoms with Crippen molar-refractivity contribution in [1.82, 2.24) is 0 Å². The lowest BCUT2D eigenvalue weighted by Crippen LogP contribution is -2.29. The molecular weight excluding hydrogens is 384 g/mol. The molecule has 0 aliphatic heterocycles. The van der Waals surface area contributed by atoms with Crippen LogP contribution in [-0.4, -0.2) is 16.7 Å². The number of Topliss-reactive ketones (excluding diaryl/α,β-unsaturated/α-hetero) is 1. The number of ketones is 2. The van der Waals surface area contributed by atoms with Gasteiger partial charge in [-0.3, -0.25) is 9.59 Å². The predicted octanol–water partition coefficient (Wildman–Crippen LogP) is 7.07. The van der Waals surface area contributed by atoms with Crippen LogP contribution in [0.5, 0.6) is 5.75 Å². The normalized spacial score (nSPS) is 15.7. The van der Waals surface area contributed by atoms with Gasteiger partial charge >= 0.3 is 0 Å². The number of rotatable bonds is 0. The van der Waals surface area contributed by atoms with Crippen LogP contribution >= 0.6 is 0 Å². The third-order valence-corrected chi connectivity index (χ3v) is 5.33. The Kier molecular flexibility index (Phi) is 7.60. The van der Waals surface area contributed by atoms with E-state index in [2.05, 4.69) is 41.5 Å². The summed E-state index contributed by atoms with van der Waals surface area (Å²) in [5.41, 5.74) is 2.70. The Morgan fingerprint density at radius 2 is 0.903 bits per heavy atom. The monoisotopic (exact) mass is 426 g/mol. The average molecular weight is 427 g/mol. The molecule has 0 fully saturated rings. The summed E-state index contributed by atoms with van der Waals surface area (Å²) < 4.78 is 0. The van der Waals surface area contributed by atoms with Crippen LogP contribution in [-0.2, 0) is 20.4 Å². The Bertz CT molecular complexity index is 831. The lowest BCUT2D eigenvalue weighted by molar-refractivity contribution is -0.116. The number of para-hydroxylation sites is 1. The van der Waals surface area contributed by atoms with Crippen molar-refractivity contribution >= 4 is 11.6 Å². The van der Waals surface area contributed by atoms with Crippen LogP contribution in [0, 0.1) is 10.8 Å². The smallest absolute Gasteiger partial charge is 0.186 e. The van der Waals surface area contributed by atoms with Gasteiger partial charge in [0.2, 0.25) is 0 Å². The molecule has 0 atom stereocenters. The zero-order valence-electron chi connectivity index (χ0n) is 21.7. The Morgan fingerprint density at radius 3 is 1.16 bits per heavy atom. The molecular formula is C28H42O3. The van der Waals surface area contributed by atoms with Gasteiger partial charge in [-0.15, -0.1) is 0 Å². The number of carbonyl (C=O) groups is 2. The molecule has 0 radical (unpaired) electrons. The second-order valence-electron chi connectivity index (χ2n) is 12.5. The van der Waals surface area contributed by atoms with Gasteiger partial charge in [0.15, 0.2) is 11.6 Å². The van der Waals surface area contributed by atoms with E-state index in [0.29, 0.717) is 16.9 Å². The molecule has 1 N–H and O–H groups in total. The van der Waals surface area contributed by atoms with E-state index in [1.54, 1.807) is 0 Å². The van der Waals surface area contributed by atoms with Crippen LogP contribution < -0.4 is 0 Å². The van der Waals surface area contributed by atoms with Crippen LogP contribution in [0.1, 0.15) is 94.2 Å². The van der Waals surface area contributed by atoms with E-state index in [0.717, 1.165) is 11.1 Å². The topological polar surface area (TPSA) is 54.4 Å². The van der Waals surface area contributed by atoms with Gasteiger partial charge in [-0.25, -0.2) is 0 Å². The standard InChI is InChI=1S/C14H20O2.C14H22O/c1-13(2,3)10-7-9(15)8-11(12(10)16)14(4,5)6;1-13(2,3)10-8-7-9-11(12(10)15)14(4,5)6/h7-8H,1-6H3;7-9,15H,1-6H3. The number of hydrogen-bond acceptors (Lipinski definition) is 3. The lowest BCUT2D eigenvalue weighted by Gasteiger charge is -2.30. The summed E-state index contributed by atoms with van der Waals surface area (Å²) in [7, 11) is 0. The molecule has 1 aromatic rings. The van der Waals surface area contributed by atoms with E-state index in [1.165, 1.54) is 12.2 Å². The Hall–Kier alpha value is -2.16. The minimum atomic E-state index is -0.280. The minimum Gasteiger partial charge on any atom is -0.507 e. The number of aromatic hydroxyl groups is 1. The first-order valence-electron chi connectivity index (χ1n) is 11.0. The quantitative estimate of drug-likeness (QED) is 0.451. The van der Waals surface area contributed by atoms with Crippen LogP contribution in [0.2, 0.25) is 0 Å². The van der Waals surface area contributed by atoms with Gasteiger partial charge < -0.3 is 5.11 Å². The molecule has 31 heavy (non-hydrogen) atoms. The van der Waals surface area contributed by atoms with Crippen LogP contribution in [0.15, 0.2) is 41.5 Å². The highest BCUT2D eigenvalue weighted by Crippen LogP contribution is 2.38. The molecule has 1 aliphatic carbocycles. The van der Waals surface area contributed by atoms with Gasteiger partial charge in [0.25, 0.3) is 0 Å². The zero-order valence-corrected chi connectivity index (χ0v) is 21.7. The van der Waals surface area contributed by atoms with Gasteiger partial charge in [-0.05, 0) is 44.9 Å². The van der Waals surface area contributed by atoms with Crippen molar-refractivity contribution in [2.75, 3.05) is 0 Å². The molecule has 3 heteroatoms. The summed E-state index contributed by atoms with van der Waals surface area (Å²) in [6, 6.07) is 6.04. The van der Waals surface area contributed by atoms with Crippen molar-refractivity contribution in [2.45, 2.75) is 93.9 Å². The van der Waals surface area contributed by atoms with Gasteiger partial charge in [-0.1, -0.05) is 101 Å². The van der Waals surface area contributed by atoms with E-state index in [1.807, 2.05) is 59.7 Å². The molecule has 0 aromatic heterocycles. The van der Waals surface area contributed by atoms with E-state index < -0.39 is 0 Å². The molecule has 1 aromatic carbocycles. The van der Waals surface area contributed by atoms with E-state index >= 15 is 0 Å². The average Bonchev–Trinajstić information content (AvgIpc) is 2.53. The summed E-state index contributed by atoms with van der Waals surface area (Å²) in [5.74, 6) is 0.395. The number of phenolic OH excluding ortho intramolecular Hbond substituents is 1. The predicted molar refractivity (Wildman–Crippen MR) is 131 cm³/mol. The third kappa shape index (κ3) is 6.92. The summed E-state index contributed by atoms with van der Waals surface area (Å²) in [4.78, 5) is 23.9. The summed E-state index contributed by atoms with van der Waals surface area (Å²) in [6.07, 6.45) is 2.94. The van der Waals surface area contributed by atoms with Crippen LogP contribution in [0.4, 0.5) is 0 Å². The molecule has 0 saturated heterocycles. The first-order chi connectivity index (χ1) is 13.7. The van der Waals surface area contributed by atoms with Crippen molar-refractivity contribution < 1.29 is 14.7 Å². The molecule has 0 saturated carbocycles. The minimum absolute atomic E-state index is 0.00859. The van der Waals surface area contributed by atoms with Crippen molar-refractivity contribution in [1.29, 1.82) is 0 Å². The zero-order chi connectivity index (χ0) is 24.6. The highest BCUT2D eigenvalue weighted by atomic mass is 16.3. The molecule has 0 heterocycles. The second-order valence-corrected chi connectivity index (χ2v) is 12.5. The number of carbonyl (C=O) groups excluding carboxylic acids is 2. The van der Waals surface area contributed by atoms with Gasteiger partial charge in [0.1, 0.15) is 5.75 Å².